The van der Waals surface area contributed by atoms with E-state index >= 15 is 0 Å². The van der Waals surface area contributed by atoms with E-state index in [1.807, 2.05) is 18.2 Å². The fourth-order valence-corrected chi connectivity index (χ4v) is 4.55. The van der Waals surface area contributed by atoms with Gasteiger partial charge in [0.05, 0.1) is 20.1 Å². The third-order valence-electron chi connectivity index (χ3n) is 5.73. The summed E-state index contributed by atoms with van der Waals surface area (Å²) in [7, 11) is 3.24. The van der Waals surface area contributed by atoms with Crippen LogP contribution in [0.25, 0.3) is 0 Å². The zero-order valence-corrected chi connectivity index (χ0v) is 15.1. The first kappa shape index (κ1) is 17.8. The predicted molar refractivity (Wildman–Crippen MR) is 97.6 cm³/mol. The van der Waals surface area contributed by atoms with Crippen molar-refractivity contribution in [2.75, 3.05) is 14.2 Å². The molecule has 136 valence electrons. The van der Waals surface area contributed by atoms with Crippen molar-refractivity contribution < 1.29 is 14.3 Å². The van der Waals surface area contributed by atoms with Gasteiger partial charge in [0.1, 0.15) is 0 Å². The van der Waals surface area contributed by atoms with Crippen LogP contribution in [0.2, 0.25) is 0 Å². The van der Waals surface area contributed by atoms with Crippen LogP contribution in [-0.4, -0.2) is 26.2 Å². The zero-order chi connectivity index (χ0) is 18.0. The number of nitrogens with one attached hydrogen (secondary N) is 1. The van der Waals surface area contributed by atoms with Crippen LogP contribution in [-0.2, 0) is 17.8 Å². The molecule has 2 bridgehead atoms. The second-order valence-electron chi connectivity index (χ2n) is 7.14. The first-order valence-corrected chi connectivity index (χ1v) is 8.97. The van der Waals surface area contributed by atoms with Gasteiger partial charge in [-0.3, -0.25) is 4.79 Å². The quantitative estimate of drug-likeness (QED) is 0.745. The average Bonchev–Trinajstić information content (AvgIpc) is 3.20. The summed E-state index contributed by atoms with van der Waals surface area (Å²) in [4.78, 5) is 12.6. The van der Waals surface area contributed by atoms with Crippen LogP contribution >= 0.6 is 0 Å². The van der Waals surface area contributed by atoms with Crippen molar-refractivity contribution in [2.24, 2.45) is 23.5 Å². The van der Waals surface area contributed by atoms with E-state index in [4.69, 9.17) is 15.2 Å². The van der Waals surface area contributed by atoms with Gasteiger partial charge in [-0.05, 0) is 55.2 Å². The molecule has 25 heavy (non-hydrogen) atoms. The highest BCUT2D eigenvalue weighted by Gasteiger charge is 2.48. The molecule has 0 radical (unpaired) electrons. The number of benzene rings is 1. The van der Waals surface area contributed by atoms with Crippen molar-refractivity contribution in [3.05, 3.63) is 35.9 Å². The van der Waals surface area contributed by atoms with E-state index in [1.165, 1.54) is 6.42 Å². The molecular weight excluding hydrogens is 316 g/mol. The molecule has 0 aromatic heterocycles. The van der Waals surface area contributed by atoms with E-state index in [2.05, 4.69) is 11.9 Å². The number of fused-ring (bicyclic) bond motifs is 2. The molecule has 4 unspecified atom stereocenters. The Morgan fingerprint density at radius 2 is 2.08 bits per heavy atom. The highest BCUT2D eigenvalue weighted by molar-refractivity contribution is 5.80. The van der Waals surface area contributed by atoms with Crippen molar-refractivity contribution in [3.8, 4) is 11.5 Å². The lowest BCUT2D eigenvalue weighted by atomic mass is 9.84. The van der Waals surface area contributed by atoms with Gasteiger partial charge in [-0.25, -0.2) is 0 Å². The average molecular weight is 344 g/mol. The maximum absolute atomic E-state index is 12.6. The van der Waals surface area contributed by atoms with E-state index in [-0.39, 0.29) is 17.9 Å². The Bertz CT molecular complexity index is 657. The Kier molecular flexibility index (Phi) is 5.33. The lowest BCUT2D eigenvalue weighted by molar-refractivity contribution is -0.127. The number of rotatable bonds is 7. The molecule has 2 saturated carbocycles. The Morgan fingerprint density at radius 1 is 1.32 bits per heavy atom. The fraction of sp³-hybridized carbons (Fsp3) is 0.550. The summed E-state index contributed by atoms with van der Waals surface area (Å²) in [6.45, 7) is 4.26. The van der Waals surface area contributed by atoms with Crippen LogP contribution in [0.15, 0.2) is 24.8 Å². The Morgan fingerprint density at radius 3 is 2.68 bits per heavy atom. The standard InChI is InChI=1S/C20H28N2O3/c1-4-5-15-8-12(9-16(24-2)19(15)25-3)11-22-20(23)17-13-6-7-14(10-13)18(17)21/h4,8-9,13-14,17-18H,1,5-7,10-11,21H2,2-3H3,(H,22,23). The second-order valence-corrected chi connectivity index (χ2v) is 7.14. The van der Waals surface area contributed by atoms with Gasteiger partial charge in [-0.1, -0.05) is 6.08 Å². The number of nitrogens with two attached hydrogens (primary N) is 1. The van der Waals surface area contributed by atoms with Gasteiger partial charge < -0.3 is 20.5 Å². The molecule has 2 aliphatic carbocycles. The summed E-state index contributed by atoms with van der Waals surface area (Å²) in [6.07, 6.45) is 5.93. The highest BCUT2D eigenvalue weighted by atomic mass is 16.5. The lowest BCUT2D eigenvalue weighted by Gasteiger charge is -2.27. The molecule has 3 N–H and O–H groups in total. The molecule has 1 amide bonds. The van der Waals surface area contributed by atoms with Crippen LogP contribution < -0.4 is 20.5 Å². The third-order valence-corrected chi connectivity index (χ3v) is 5.73. The molecule has 0 spiro atoms. The molecule has 0 heterocycles. The monoisotopic (exact) mass is 344 g/mol. The summed E-state index contributed by atoms with van der Waals surface area (Å²) in [6, 6.07) is 3.96. The number of carbonyl (C=O) groups excluding carboxylic acids is 1. The second kappa shape index (κ2) is 7.48. The Hall–Kier alpha value is -2.01. The van der Waals surface area contributed by atoms with Gasteiger partial charge in [0.2, 0.25) is 5.91 Å². The molecule has 3 rings (SSSR count). The first-order valence-electron chi connectivity index (χ1n) is 8.97. The van der Waals surface area contributed by atoms with Crippen molar-refractivity contribution in [1.29, 1.82) is 0 Å². The molecule has 2 aliphatic rings. The van der Waals surface area contributed by atoms with Crippen LogP contribution in [0.1, 0.15) is 30.4 Å². The van der Waals surface area contributed by atoms with Crippen molar-refractivity contribution in [3.63, 3.8) is 0 Å². The Labute approximate surface area is 149 Å². The third kappa shape index (κ3) is 3.38. The summed E-state index contributed by atoms with van der Waals surface area (Å²) in [5, 5.41) is 3.07. The molecule has 1 aromatic carbocycles. The van der Waals surface area contributed by atoms with Gasteiger partial charge in [0.15, 0.2) is 11.5 Å². The molecule has 5 nitrogen and oxygen atoms in total. The van der Waals surface area contributed by atoms with Crippen LogP contribution in [0.5, 0.6) is 11.5 Å². The normalized spacial score (nSPS) is 27.2. The summed E-state index contributed by atoms with van der Waals surface area (Å²) < 4.78 is 10.9. The van der Waals surface area contributed by atoms with E-state index in [0.29, 0.717) is 36.3 Å². The lowest BCUT2D eigenvalue weighted by Crippen LogP contribution is -2.45. The number of methoxy groups -OCH3 is 2. The molecule has 0 aliphatic heterocycles. The maximum Gasteiger partial charge on any atom is 0.225 e. The van der Waals surface area contributed by atoms with Crippen molar-refractivity contribution >= 4 is 5.91 Å². The number of hydrogen-bond acceptors (Lipinski definition) is 4. The minimum absolute atomic E-state index is 0.0143. The van der Waals surface area contributed by atoms with E-state index in [0.717, 1.165) is 24.0 Å². The number of amides is 1. The number of ether oxygens (including phenoxy) is 2. The minimum atomic E-state index is -0.0356. The number of allylic oxidation sites excluding steroid dienone is 1. The smallest absolute Gasteiger partial charge is 0.225 e. The predicted octanol–water partition coefficient (Wildman–Crippen LogP) is 2.42. The maximum atomic E-state index is 12.6. The van der Waals surface area contributed by atoms with Gasteiger partial charge in [-0.2, -0.15) is 0 Å². The zero-order valence-electron chi connectivity index (χ0n) is 15.1. The van der Waals surface area contributed by atoms with E-state index < -0.39 is 0 Å². The molecule has 1 aromatic rings. The summed E-state index contributed by atoms with van der Waals surface area (Å²) in [5.41, 5.74) is 8.26. The van der Waals surface area contributed by atoms with Crippen LogP contribution in [0, 0.1) is 17.8 Å². The largest absolute Gasteiger partial charge is 0.493 e. The summed E-state index contributed by atoms with van der Waals surface area (Å²) in [5.74, 6) is 2.42. The topological polar surface area (TPSA) is 73.6 Å². The van der Waals surface area contributed by atoms with Crippen molar-refractivity contribution in [2.45, 2.75) is 38.3 Å². The van der Waals surface area contributed by atoms with E-state index in [1.54, 1.807) is 14.2 Å². The van der Waals surface area contributed by atoms with E-state index in [9.17, 15) is 4.79 Å². The highest BCUT2D eigenvalue weighted by Crippen LogP contribution is 2.47. The molecule has 5 heteroatoms. The van der Waals surface area contributed by atoms with Crippen molar-refractivity contribution in [1.82, 2.24) is 5.32 Å². The fourth-order valence-electron chi connectivity index (χ4n) is 4.55. The SMILES string of the molecule is C=CCc1cc(CNC(=O)C2C3CCC(C3)C2N)cc(OC)c1OC. The molecule has 2 fully saturated rings. The summed E-state index contributed by atoms with van der Waals surface area (Å²) >= 11 is 0. The van der Waals surface area contributed by atoms with Crippen LogP contribution in [0.3, 0.4) is 0 Å². The first-order chi connectivity index (χ1) is 12.1. The minimum Gasteiger partial charge on any atom is -0.493 e. The van der Waals surface area contributed by atoms with Gasteiger partial charge in [-0.15, -0.1) is 6.58 Å². The van der Waals surface area contributed by atoms with Crippen LogP contribution in [0.4, 0.5) is 0 Å². The molecule has 0 saturated heterocycles. The van der Waals surface area contributed by atoms with Gasteiger partial charge in [0, 0.05) is 18.2 Å². The van der Waals surface area contributed by atoms with Gasteiger partial charge in [0.25, 0.3) is 0 Å². The number of carbonyl (C=O) groups is 1. The number of hydrogen-bond donors (Lipinski definition) is 2. The molecular formula is C20H28N2O3. The Balaban J connectivity index is 1.71. The van der Waals surface area contributed by atoms with Gasteiger partial charge >= 0.3 is 0 Å². The molecule has 4 atom stereocenters.